The Morgan fingerprint density at radius 3 is 2.36 bits per heavy atom. The van der Waals surface area contributed by atoms with Crippen LogP contribution >= 0.6 is 23.1 Å². The van der Waals surface area contributed by atoms with Gasteiger partial charge in [0, 0.05) is 23.6 Å². The van der Waals surface area contributed by atoms with Crippen LogP contribution in [0.15, 0.2) is 48.7 Å². The van der Waals surface area contributed by atoms with Crippen molar-refractivity contribution in [2.24, 2.45) is 0 Å². The molecule has 1 aromatic heterocycles. The lowest BCUT2D eigenvalue weighted by Crippen LogP contribution is -2.47. The summed E-state index contributed by atoms with van der Waals surface area (Å²) in [6, 6.07) is 8.77. The van der Waals surface area contributed by atoms with E-state index < -0.39 is 35.4 Å². The second-order valence-electron chi connectivity index (χ2n) is 7.40. The third-order valence-corrected chi connectivity index (χ3v) is 6.68. The molecule has 6 nitrogen and oxygen atoms in total. The highest BCUT2D eigenvalue weighted by Gasteiger charge is 2.42. The molecule has 0 bridgehead atoms. The van der Waals surface area contributed by atoms with E-state index in [2.05, 4.69) is 10.3 Å². The number of hydrogen-bond donors (Lipinski definition) is 1. The lowest BCUT2D eigenvalue weighted by Gasteiger charge is -2.24. The number of halogens is 2. The summed E-state index contributed by atoms with van der Waals surface area (Å²) < 4.78 is 26.9. The Labute approximate surface area is 197 Å². The first-order chi connectivity index (χ1) is 15.9. The molecule has 0 saturated heterocycles. The van der Waals surface area contributed by atoms with Gasteiger partial charge >= 0.3 is 0 Å². The third kappa shape index (κ3) is 4.96. The molecule has 1 aliphatic rings. The average Bonchev–Trinajstić information content (AvgIpc) is 3.31. The van der Waals surface area contributed by atoms with Crippen LogP contribution in [0.5, 0.6) is 0 Å². The number of nitrogens with one attached hydrogen (secondary N) is 1. The molecule has 3 amide bonds. The fourth-order valence-electron chi connectivity index (χ4n) is 3.65. The number of nitrogens with zero attached hydrogens (tertiary/aromatic N) is 2. The maximum atomic E-state index is 13.4. The summed E-state index contributed by atoms with van der Waals surface area (Å²) in [4.78, 5) is 44.7. The molecule has 170 valence electrons. The lowest BCUT2D eigenvalue weighted by atomic mass is 10.1. The Bertz CT molecular complexity index is 1180. The van der Waals surface area contributed by atoms with Gasteiger partial charge in [-0.1, -0.05) is 12.1 Å². The van der Waals surface area contributed by atoms with Crippen LogP contribution in [0.3, 0.4) is 0 Å². The van der Waals surface area contributed by atoms with Gasteiger partial charge < -0.3 is 5.32 Å². The van der Waals surface area contributed by atoms with Crippen LogP contribution in [0.2, 0.25) is 0 Å². The molecule has 0 aliphatic carbocycles. The van der Waals surface area contributed by atoms with E-state index in [9.17, 15) is 23.2 Å². The van der Waals surface area contributed by atoms with Gasteiger partial charge in [-0.2, -0.15) is 11.8 Å². The first-order valence-electron chi connectivity index (χ1n) is 10.0. The molecule has 2 heterocycles. The smallest absolute Gasteiger partial charge is 0.262 e. The van der Waals surface area contributed by atoms with Crippen LogP contribution < -0.4 is 5.32 Å². The number of anilines is 1. The fourth-order valence-corrected chi connectivity index (χ4v) is 4.96. The maximum absolute atomic E-state index is 13.4. The molecule has 0 radical (unpaired) electrons. The number of rotatable bonds is 8. The zero-order valence-electron chi connectivity index (χ0n) is 17.5. The van der Waals surface area contributed by atoms with Crippen molar-refractivity contribution in [2.75, 3.05) is 17.3 Å². The summed E-state index contributed by atoms with van der Waals surface area (Å²) in [5.41, 5.74) is 1.00. The molecular formula is C23H19F2N3O3S2. The average molecular weight is 488 g/mol. The number of carbonyl (C=O) groups is 3. The fraction of sp³-hybridized carbons (Fsp3) is 0.217. The highest BCUT2D eigenvalue weighted by molar-refractivity contribution is 7.98. The zero-order chi connectivity index (χ0) is 23.5. The summed E-state index contributed by atoms with van der Waals surface area (Å²) in [6.07, 6.45) is 3.93. The Hall–Kier alpha value is -3.11. The van der Waals surface area contributed by atoms with Gasteiger partial charge in [0.1, 0.15) is 17.7 Å². The minimum atomic E-state index is -0.991. The van der Waals surface area contributed by atoms with Crippen molar-refractivity contribution in [3.63, 3.8) is 0 Å². The molecule has 2 aromatic carbocycles. The topological polar surface area (TPSA) is 79.4 Å². The minimum absolute atomic E-state index is 0.247. The summed E-state index contributed by atoms with van der Waals surface area (Å²) in [5.74, 6) is -2.27. The predicted octanol–water partition coefficient (Wildman–Crippen LogP) is 4.37. The predicted molar refractivity (Wildman–Crippen MR) is 124 cm³/mol. The molecule has 1 aliphatic heterocycles. The Morgan fingerprint density at radius 1 is 1.12 bits per heavy atom. The van der Waals surface area contributed by atoms with Gasteiger partial charge in [-0.05, 0) is 48.3 Å². The van der Waals surface area contributed by atoms with Gasteiger partial charge in [0.25, 0.3) is 11.8 Å². The SMILES string of the molecule is CSCCC(C(=O)Nc1ncc(Cc2cc(F)cc(F)c2)s1)N1C(=O)c2ccccc2C1=O. The number of thioether (sulfide) groups is 1. The van der Waals surface area contributed by atoms with E-state index in [1.165, 1.54) is 30.1 Å². The van der Waals surface area contributed by atoms with E-state index in [1.807, 2.05) is 6.26 Å². The van der Waals surface area contributed by atoms with Gasteiger partial charge in [0.2, 0.25) is 5.91 Å². The number of imide groups is 1. The lowest BCUT2D eigenvalue weighted by molar-refractivity contribution is -0.120. The van der Waals surface area contributed by atoms with Crippen molar-refractivity contribution in [3.05, 3.63) is 81.9 Å². The Morgan fingerprint density at radius 2 is 1.76 bits per heavy atom. The van der Waals surface area contributed by atoms with Crippen LogP contribution in [0.25, 0.3) is 0 Å². The van der Waals surface area contributed by atoms with Crippen molar-refractivity contribution in [1.82, 2.24) is 9.88 Å². The number of hydrogen-bond acceptors (Lipinski definition) is 6. The molecule has 1 atom stereocenters. The van der Waals surface area contributed by atoms with E-state index >= 15 is 0 Å². The standard InChI is InChI=1S/C23H19F2N3O3S2/c1-32-7-6-19(28-21(30)17-4-2-3-5-18(17)22(28)31)20(29)27-23-26-12-16(33-23)10-13-8-14(24)11-15(25)9-13/h2-5,8-9,11-12,19H,6-7,10H2,1H3,(H,26,27,29). The summed E-state index contributed by atoms with van der Waals surface area (Å²) in [6.45, 7) is 0. The number of carbonyl (C=O) groups excluding carboxylic acids is 3. The van der Waals surface area contributed by atoms with Gasteiger partial charge in [-0.15, -0.1) is 11.3 Å². The first-order valence-corrected chi connectivity index (χ1v) is 12.2. The summed E-state index contributed by atoms with van der Waals surface area (Å²) in [5, 5.41) is 2.97. The van der Waals surface area contributed by atoms with E-state index in [0.29, 0.717) is 22.6 Å². The number of benzene rings is 2. The highest BCUT2D eigenvalue weighted by atomic mass is 32.2. The molecule has 0 saturated carbocycles. The molecule has 0 spiro atoms. The molecule has 4 rings (SSSR count). The number of aromatic nitrogens is 1. The van der Waals surface area contributed by atoms with E-state index in [-0.39, 0.29) is 22.7 Å². The number of fused-ring (bicyclic) bond motifs is 1. The molecule has 1 N–H and O–H groups in total. The van der Waals surface area contributed by atoms with Crippen molar-refractivity contribution in [1.29, 1.82) is 0 Å². The third-order valence-electron chi connectivity index (χ3n) is 5.12. The molecule has 3 aromatic rings. The first kappa shape index (κ1) is 23.1. The summed E-state index contributed by atoms with van der Waals surface area (Å²) >= 11 is 2.66. The van der Waals surface area contributed by atoms with Crippen molar-refractivity contribution >= 4 is 46.0 Å². The second-order valence-corrected chi connectivity index (χ2v) is 9.50. The van der Waals surface area contributed by atoms with E-state index in [4.69, 9.17) is 0 Å². The zero-order valence-corrected chi connectivity index (χ0v) is 19.1. The second kappa shape index (κ2) is 9.80. The van der Waals surface area contributed by atoms with Crippen LogP contribution in [0.4, 0.5) is 13.9 Å². The summed E-state index contributed by atoms with van der Waals surface area (Å²) in [7, 11) is 0. The van der Waals surface area contributed by atoms with Gasteiger partial charge in [0.05, 0.1) is 11.1 Å². The monoisotopic (exact) mass is 487 g/mol. The largest absolute Gasteiger partial charge is 0.300 e. The van der Waals surface area contributed by atoms with Gasteiger partial charge in [-0.3, -0.25) is 19.3 Å². The quantitative estimate of drug-likeness (QED) is 0.478. The molecule has 10 heteroatoms. The molecular weight excluding hydrogens is 468 g/mol. The molecule has 0 fully saturated rings. The van der Waals surface area contributed by atoms with E-state index in [1.54, 1.807) is 24.3 Å². The van der Waals surface area contributed by atoms with Crippen molar-refractivity contribution in [2.45, 2.75) is 18.9 Å². The van der Waals surface area contributed by atoms with Crippen molar-refractivity contribution < 1.29 is 23.2 Å². The number of thiazole rings is 1. The van der Waals surface area contributed by atoms with Crippen LogP contribution in [-0.2, 0) is 11.2 Å². The van der Waals surface area contributed by atoms with Crippen LogP contribution in [0.1, 0.15) is 37.6 Å². The van der Waals surface area contributed by atoms with Gasteiger partial charge in [0.15, 0.2) is 5.13 Å². The molecule has 1 unspecified atom stereocenters. The molecule has 33 heavy (non-hydrogen) atoms. The highest BCUT2D eigenvalue weighted by Crippen LogP contribution is 2.28. The minimum Gasteiger partial charge on any atom is -0.300 e. The Balaban J connectivity index is 1.51. The number of amides is 3. The maximum Gasteiger partial charge on any atom is 0.262 e. The van der Waals surface area contributed by atoms with Crippen molar-refractivity contribution in [3.8, 4) is 0 Å². The van der Waals surface area contributed by atoms with Gasteiger partial charge in [-0.25, -0.2) is 13.8 Å². The van der Waals surface area contributed by atoms with E-state index in [0.717, 1.165) is 22.3 Å². The Kier molecular flexibility index (Phi) is 6.85. The van der Waals surface area contributed by atoms with Crippen LogP contribution in [-0.4, -0.2) is 45.7 Å². The van der Waals surface area contributed by atoms with Crippen LogP contribution in [0, 0.1) is 11.6 Å². The normalized spacial score (nSPS) is 13.8.